The van der Waals surface area contributed by atoms with Crippen molar-refractivity contribution in [3.8, 4) is 0 Å². The molecule has 2 aromatic carbocycles. The van der Waals surface area contributed by atoms with Crippen LogP contribution in [0.25, 0.3) is 0 Å². The van der Waals surface area contributed by atoms with E-state index in [1.807, 2.05) is 30.3 Å². The summed E-state index contributed by atoms with van der Waals surface area (Å²) in [5, 5.41) is 0. The summed E-state index contributed by atoms with van der Waals surface area (Å²) >= 11 is 3.29. The first-order valence-corrected chi connectivity index (χ1v) is 8.71. The van der Waals surface area contributed by atoms with Crippen LogP contribution in [0.5, 0.6) is 0 Å². The summed E-state index contributed by atoms with van der Waals surface area (Å²) < 4.78 is 25.7. The van der Waals surface area contributed by atoms with Crippen LogP contribution < -0.4 is 5.73 Å². The monoisotopic (exact) mass is 353 g/mol. The van der Waals surface area contributed by atoms with E-state index in [2.05, 4.69) is 15.9 Å². The Bertz CT molecular complexity index is 671. The number of hydrogen-bond donors (Lipinski definition) is 1. The zero-order valence-corrected chi connectivity index (χ0v) is 13.3. The van der Waals surface area contributed by atoms with Gasteiger partial charge in [-0.25, -0.2) is 8.42 Å². The van der Waals surface area contributed by atoms with Crippen LogP contribution in [0, 0.1) is 0 Å². The molecule has 0 spiro atoms. The Balaban J connectivity index is 2.27. The van der Waals surface area contributed by atoms with Crippen molar-refractivity contribution in [1.82, 2.24) is 0 Å². The standard InChI is InChI=1S/C15H16BrNO2S/c16-14-7-4-8-15(9-14)20(18,19)11-13(10-17)12-5-2-1-3-6-12/h1-9,13H,10-11,17H2. The minimum absolute atomic E-state index is 0.0178. The normalized spacial score (nSPS) is 13.1. The first-order chi connectivity index (χ1) is 9.53. The molecule has 2 N–H and O–H groups in total. The molecule has 0 amide bonds. The third-order valence-corrected chi connectivity index (χ3v) is 5.44. The first-order valence-electron chi connectivity index (χ1n) is 6.26. The van der Waals surface area contributed by atoms with Crippen molar-refractivity contribution in [3.05, 3.63) is 64.6 Å². The fourth-order valence-corrected chi connectivity index (χ4v) is 4.24. The second-order valence-corrected chi connectivity index (χ2v) is 7.53. The fraction of sp³-hybridized carbons (Fsp3) is 0.200. The molecule has 0 fully saturated rings. The second-order valence-electron chi connectivity index (χ2n) is 4.58. The molecule has 5 heteroatoms. The predicted octanol–water partition coefficient (Wildman–Crippen LogP) is 2.97. The van der Waals surface area contributed by atoms with E-state index in [9.17, 15) is 8.42 Å². The Morgan fingerprint density at radius 2 is 1.75 bits per heavy atom. The van der Waals surface area contributed by atoms with Crippen LogP contribution in [0.3, 0.4) is 0 Å². The van der Waals surface area contributed by atoms with Gasteiger partial charge in [0.15, 0.2) is 9.84 Å². The molecule has 106 valence electrons. The first kappa shape index (κ1) is 15.2. The molecule has 0 saturated carbocycles. The third kappa shape index (κ3) is 3.69. The van der Waals surface area contributed by atoms with Crippen LogP contribution in [0.15, 0.2) is 64.0 Å². The average molecular weight is 354 g/mol. The Morgan fingerprint density at radius 1 is 1.05 bits per heavy atom. The Hall–Kier alpha value is -1.17. The highest BCUT2D eigenvalue weighted by Crippen LogP contribution is 2.23. The molecule has 1 atom stereocenters. The maximum Gasteiger partial charge on any atom is 0.179 e. The summed E-state index contributed by atoms with van der Waals surface area (Å²) in [5.41, 5.74) is 6.70. The number of sulfone groups is 1. The smallest absolute Gasteiger partial charge is 0.179 e. The largest absolute Gasteiger partial charge is 0.330 e. The minimum atomic E-state index is -3.35. The molecule has 2 aromatic rings. The number of hydrogen-bond acceptors (Lipinski definition) is 3. The van der Waals surface area contributed by atoms with Crippen LogP contribution in [0.1, 0.15) is 11.5 Å². The zero-order chi connectivity index (χ0) is 14.6. The number of benzene rings is 2. The molecule has 0 heterocycles. The van der Waals surface area contributed by atoms with E-state index in [4.69, 9.17) is 5.73 Å². The highest BCUT2D eigenvalue weighted by Gasteiger charge is 2.21. The van der Waals surface area contributed by atoms with Crippen molar-refractivity contribution in [2.75, 3.05) is 12.3 Å². The molecular formula is C15H16BrNO2S. The van der Waals surface area contributed by atoms with Gasteiger partial charge in [0, 0.05) is 16.9 Å². The lowest BCUT2D eigenvalue weighted by atomic mass is 10.0. The summed E-state index contributed by atoms with van der Waals surface area (Å²) in [4.78, 5) is 0.321. The van der Waals surface area contributed by atoms with E-state index >= 15 is 0 Å². The van der Waals surface area contributed by atoms with Crippen molar-refractivity contribution in [1.29, 1.82) is 0 Å². The van der Waals surface area contributed by atoms with Crippen LogP contribution in [-0.4, -0.2) is 20.7 Å². The molecular weight excluding hydrogens is 338 g/mol. The van der Waals surface area contributed by atoms with Crippen molar-refractivity contribution < 1.29 is 8.42 Å². The van der Waals surface area contributed by atoms with Gasteiger partial charge in [-0.15, -0.1) is 0 Å². The maximum atomic E-state index is 12.5. The Labute approximate surface area is 127 Å². The molecule has 0 aliphatic rings. The molecule has 3 nitrogen and oxygen atoms in total. The molecule has 0 bridgehead atoms. The van der Waals surface area contributed by atoms with E-state index < -0.39 is 9.84 Å². The number of rotatable bonds is 5. The second kappa shape index (κ2) is 6.52. The van der Waals surface area contributed by atoms with Gasteiger partial charge < -0.3 is 5.73 Å². The van der Waals surface area contributed by atoms with Crippen molar-refractivity contribution in [3.63, 3.8) is 0 Å². The van der Waals surface area contributed by atoms with E-state index in [1.165, 1.54) is 0 Å². The highest BCUT2D eigenvalue weighted by atomic mass is 79.9. The lowest BCUT2D eigenvalue weighted by Gasteiger charge is -2.15. The molecule has 2 rings (SSSR count). The Morgan fingerprint density at radius 3 is 2.35 bits per heavy atom. The van der Waals surface area contributed by atoms with Crippen molar-refractivity contribution in [2.45, 2.75) is 10.8 Å². The summed E-state index contributed by atoms with van der Waals surface area (Å²) in [6.45, 7) is 0.303. The van der Waals surface area contributed by atoms with Gasteiger partial charge in [-0.3, -0.25) is 0 Å². The molecule has 1 unspecified atom stereocenters. The zero-order valence-electron chi connectivity index (χ0n) is 10.9. The lowest BCUT2D eigenvalue weighted by molar-refractivity contribution is 0.587. The van der Waals surface area contributed by atoms with Crippen LogP contribution in [-0.2, 0) is 9.84 Å². The average Bonchev–Trinajstić information content (AvgIpc) is 2.46. The summed E-state index contributed by atoms with van der Waals surface area (Å²) in [7, 11) is -3.35. The molecule has 0 aliphatic heterocycles. The quantitative estimate of drug-likeness (QED) is 0.898. The van der Waals surface area contributed by atoms with Gasteiger partial charge in [0.2, 0.25) is 0 Å². The van der Waals surface area contributed by atoms with E-state index in [-0.39, 0.29) is 11.7 Å². The predicted molar refractivity (Wildman–Crippen MR) is 84.4 cm³/mol. The van der Waals surface area contributed by atoms with Crippen molar-refractivity contribution >= 4 is 25.8 Å². The highest BCUT2D eigenvalue weighted by molar-refractivity contribution is 9.10. The van der Waals surface area contributed by atoms with Gasteiger partial charge in [-0.05, 0) is 23.8 Å². The van der Waals surface area contributed by atoms with E-state index in [0.717, 1.165) is 10.0 Å². The van der Waals surface area contributed by atoms with Crippen LogP contribution in [0.4, 0.5) is 0 Å². The molecule has 0 radical (unpaired) electrons. The fourth-order valence-electron chi connectivity index (χ4n) is 2.05. The lowest BCUT2D eigenvalue weighted by Crippen LogP contribution is -2.22. The van der Waals surface area contributed by atoms with Gasteiger partial charge >= 0.3 is 0 Å². The third-order valence-electron chi connectivity index (χ3n) is 3.13. The topological polar surface area (TPSA) is 60.2 Å². The number of nitrogens with two attached hydrogens (primary N) is 1. The summed E-state index contributed by atoms with van der Waals surface area (Å²) in [6.07, 6.45) is 0. The SMILES string of the molecule is NCC(CS(=O)(=O)c1cccc(Br)c1)c1ccccc1. The molecule has 0 aliphatic carbocycles. The van der Waals surface area contributed by atoms with Gasteiger partial charge in [0.25, 0.3) is 0 Å². The molecule has 0 saturated heterocycles. The van der Waals surface area contributed by atoms with Crippen LogP contribution in [0.2, 0.25) is 0 Å². The van der Waals surface area contributed by atoms with Gasteiger partial charge in [0.05, 0.1) is 10.6 Å². The van der Waals surface area contributed by atoms with E-state index in [0.29, 0.717) is 11.4 Å². The van der Waals surface area contributed by atoms with Gasteiger partial charge in [-0.2, -0.15) is 0 Å². The number of halogens is 1. The van der Waals surface area contributed by atoms with Crippen molar-refractivity contribution in [2.24, 2.45) is 5.73 Å². The van der Waals surface area contributed by atoms with Crippen LogP contribution >= 0.6 is 15.9 Å². The summed E-state index contributed by atoms with van der Waals surface area (Å²) in [5.74, 6) is -0.176. The van der Waals surface area contributed by atoms with Gasteiger partial charge in [-0.1, -0.05) is 52.3 Å². The van der Waals surface area contributed by atoms with Gasteiger partial charge in [0.1, 0.15) is 0 Å². The van der Waals surface area contributed by atoms with E-state index in [1.54, 1.807) is 24.3 Å². The Kier molecular flexibility index (Phi) is 4.96. The molecule has 20 heavy (non-hydrogen) atoms. The maximum absolute atomic E-state index is 12.5. The summed E-state index contributed by atoms with van der Waals surface area (Å²) in [6, 6.07) is 16.3. The minimum Gasteiger partial charge on any atom is -0.330 e. The molecule has 0 aromatic heterocycles.